The van der Waals surface area contributed by atoms with E-state index in [1.54, 1.807) is 0 Å². The van der Waals surface area contributed by atoms with Crippen molar-refractivity contribution >= 4 is 23.3 Å². The molecule has 1 aromatic rings. The first kappa shape index (κ1) is 16.2. The van der Waals surface area contributed by atoms with Gasteiger partial charge in [0, 0.05) is 12.5 Å². The molecule has 126 valence electrons. The van der Waals surface area contributed by atoms with Crippen LogP contribution in [0.25, 0.3) is 0 Å². The van der Waals surface area contributed by atoms with E-state index in [0.717, 1.165) is 11.8 Å². The first-order valence-corrected chi connectivity index (χ1v) is 8.48. The number of hydrogen-bond donors (Lipinski definition) is 1. The van der Waals surface area contributed by atoms with E-state index in [2.05, 4.69) is 17.3 Å². The second-order valence-electron chi connectivity index (χ2n) is 6.77. The molecule has 0 unspecified atom stereocenters. The Morgan fingerprint density at radius 1 is 1.57 bits per heavy atom. The van der Waals surface area contributed by atoms with Gasteiger partial charge >= 0.3 is 5.82 Å². The lowest BCUT2D eigenvalue weighted by Crippen LogP contribution is -2.40. The third-order valence-electron chi connectivity index (χ3n) is 5.26. The Kier molecular flexibility index (Phi) is 4.57. The number of nitrogens with zero attached hydrogens (tertiary/aromatic N) is 3. The van der Waals surface area contributed by atoms with Crippen LogP contribution < -0.4 is 5.32 Å². The number of nitrogens with one attached hydrogen (secondary N) is 1. The SMILES string of the molecule is C[C@H](NC(=O)CCn1cc(Cl)c([N+](=O)[O-])n1)[C@@H]1C[C@H]2CC[C@H]1C2. The Morgan fingerprint density at radius 2 is 2.35 bits per heavy atom. The van der Waals surface area contributed by atoms with Crippen molar-refractivity contribution in [3.05, 3.63) is 21.3 Å². The van der Waals surface area contributed by atoms with Gasteiger partial charge in [-0.25, -0.2) is 0 Å². The normalized spacial score (nSPS) is 27.1. The van der Waals surface area contributed by atoms with Gasteiger partial charge in [-0.1, -0.05) is 18.0 Å². The van der Waals surface area contributed by atoms with Crippen LogP contribution in [-0.4, -0.2) is 26.7 Å². The average Bonchev–Trinajstić information content (AvgIpc) is 3.19. The molecule has 0 spiro atoms. The second kappa shape index (κ2) is 6.47. The van der Waals surface area contributed by atoms with Gasteiger partial charge in [-0.3, -0.25) is 4.79 Å². The van der Waals surface area contributed by atoms with E-state index in [4.69, 9.17) is 11.6 Å². The number of carbonyl (C=O) groups excluding carboxylic acids is 1. The maximum Gasteiger partial charge on any atom is 0.408 e. The fourth-order valence-corrected chi connectivity index (χ4v) is 4.40. The van der Waals surface area contributed by atoms with Gasteiger partial charge in [-0.2, -0.15) is 4.68 Å². The van der Waals surface area contributed by atoms with Gasteiger partial charge < -0.3 is 15.4 Å². The molecule has 8 heteroatoms. The molecule has 4 atom stereocenters. The second-order valence-corrected chi connectivity index (χ2v) is 7.17. The molecule has 2 bridgehead atoms. The Bertz CT molecular complexity index is 618. The Balaban J connectivity index is 1.48. The minimum absolute atomic E-state index is 0.00856. The fourth-order valence-electron chi connectivity index (χ4n) is 4.18. The zero-order chi connectivity index (χ0) is 16.6. The summed E-state index contributed by atoms with van der Waals surface area (Å²) in [6.07, 6.45) is 6.81. The summed E-state index contributed by atoms with van der Waals surface area (Å²) in [4.78, 5) is 22.2. The summed E-state index contributed by atoms with van der Waals surface area (Å²) in [6.45, 7) is 2.36. The van der Waals surface area contributed by atoms with Crippen molar-refractivity contribution in [3.8, 4) is 0 Å². The number of aryl methyl sites for hydroxylation is 1. The topological polar surface area (TPSA) is 90.1 Å². The molecule has 7 nitrogen and oxygen atoms in total. The average molecular weight is 341 g/mol. The molecule has 23 heavy (non-hydrogen) atoms. The molecule has 0 aliphatic heterocycles. The fraction of sp³-hybridized carbons (Fsp3) is 0.733. The first-order valence-electron chi connectivity index (χ1n) is 8.10. The molecular weight excluding hydrogens is 320 g/mol. The largest absolute Gasteiger partial charge is 0.408 e. The molecule has 2 saturated carbocycles. The van der Waals surface area contributed by atoms with Gasteiger partial charge in [-0.15, -0.1) is 0 Å². The van der Waals surface area contributed by atoms with Gasteiger partial charge in [0.25, 0.3) is 0 Å². The summed E-state index contributed by atoms with van der Waals surface area (Å²) in [5, 5.41) is 17.5. The molecule has 2 fully saturated rings. The molecule has 0 radical (unpaired) electrons. The number of carbonyl (C=O) groups is 1. The number of amides is 1. The van der Waals surface area contributed by atoms with Crippen LogP contribution in [0.2, 0.25) is 5.02 Å². The summed E-state index contributed by atoms with van der Waals surface area (Å²) >= 11 is 5.74. The van der Waals surface area contributed by atoms with Crippen LogP contribution in [-0.2, 0) is 11.3 Å². The van der Waals surface area contributed by atoms with Crippen molar-refractivity contribution in [2.45, 2.75) is 51.6 Å². The van der Waals surface area contributed by atoms with E-state index in [9.17, 15) is 14.9 Å². The van der Waals surface area contributed by atoms with E-state index in [0.29, 0.717) is 5.92 Å². The van der Waals surface area contributed by atoms with Crippen LogP contribution in [0.1, 0.15) is 39.0 Å². The predicted molar refractivity (Wildman–Crippen MR) is 85.1 cm³/mol. The molecule has 0 aromatic carbocycles. The third kappa shape index (κ3) is 3.49. The summed E-state index contributed by atoms with van der Waals surface area (Å²) in [7, 11) is 0. The van der Waals surface area contributed by atoms with Crippen molar-refractivity contribution in [3.63, 3.8) is 0 Å². The van der Waals surface area contributed by atoms with Crippen LogP contribution in [0, 0.1) is 27.9 Å². The van der Waals surface area contributed by atoms with Crippen molar-refractivity contribution < 1.29 is 9.72 Å². The van der Waals surface area contributed by atoms with Crippen LogP contribution in [0.4, 0.5) is 5.82 Å². The predicted octanol–water partition coefficient (Wildman–Crippen LogP) is 2.78. The van der Waals surface area contributed by atoms with Crippen molar-refractivity contribution in [2.24, 2.45) is 17.8 Å². The van der Waals surface area contributed by atoms with E-state index in [1.807, 2.05) is 0 Å². The molecule has 0 saturated heterocycles. The van der Waals surface area contributed by atoms with E-state index >= 15 is 0 Å². The number of fused-ring (bicyclic) bond motifs is 2. The van der Waals surface area contributed by atoms with E-state index < -0.39 is 4.92 Å². The highest BCUT2D eigenvalue weighted by Crippen LogP contribution is 2.49. The highest BCUT2D eigenvalue weighted by Gasteiger charge is 2.42. The van der Waals surface area contributed by atoms with Crippen molar-refractivity contribution in [2.75, 3.05) is 0 Å². The standard InChI is InChI=1S/C15H21ClN4O3/c1-9(12-7-10-2-3-11(12)6-10)17-14(21)4-5-19-8-13(16)15(18-19)20(22)23/h8-12H,2-7H2,1H3,(H,17,21)/t9-,10-,11-,12-/m0/s1. The number of aromatic nitrogens is 2. The van der Waals surface area contributed by atoms with Gasteiger partial charge in [0.1, 0.15) is 0 Å². The molecule has 1 aromatic heterocycles. The van der Waals surface area contributed by atoms with E-state index in [1.165, 1.54) is 36.6 Å². The molecule has 1 heterocycles. The Hall–Kier alpha value is -1.63. The smallest absolute Gasteiger partial charge is 0.358 e. The van der Waals surface area contributed by atoms with Crippen molar-refractivity contribution in [1.29, 1.82) is 0 Å². The van der Waals surface area contributed by atoms with Gasteiger partial charge in [-0.05, 0) is 48.9 Å². The monoisotopic (exact) mass is 340 g/mol. The molecule has 2 aliphatic rings. The third-order valence-corrected chi connectivity index (χ3v) is 5.53. The maximum atomic E-state index is 12.1. The minimum atomic E-state index is -0.629. The van der Waals surface area contributed by atoms with Crippen LogP contribution >= 0.6 is 11.6 Å². The van der Waals surface area contributed by atoms with E-state index in [-0.39, 0.29) is 35.8 Å². The van der Waals surface area contributed by atoms with Gasteiger partial charge in [0.15, 0.2) is 5.02 Å². The van der Waals surface area contributed by atoms with Crippen LogP contribution in [0.15, 0.2) is 6.20 Å². The molecule has 1 N–H and O–H groups in total. The quantitative estimate of drug-likeness (QED) is 0.636. The summed E-state index contributed by atoms with van der Waals surface area (Å²) in [5.41, 5.74) is 0. The summed E-state index contributed by atoms with van der Waals surface area (Å²) in [5.74, 6) is 1.80. The van der Waals surface area contributed by atoms with Crippen LogP contribution in [0.5, 0.6) is 0 Å². The van der Waals surface area contributed by atoms with Gasteiger partial charge in [0.2, 0.25) is 5.91 Å². The molecular formula is C15H21ClN4O3. The number of halogens is 1. The summed E-state index contributed by atoms with van der Waals surface area (Å²) < 4.78 is 1.35. The number of rotatable bonds is 6. The minimum Gasteiger partial charge on any atom is -0.358 e. The van der Waals surface area contributed by atoms with Gasteiger partial charge in [0.05, 0.1) is 17.8 Å². The molecule has 2 aliphatic carbocycles. The lowest BCUT2D eigenvalue weighted by atomic mass is 9.84. The zero-order valence-corrected chi connectivity index (χ0v) is 13.8. The Labute approximate surface area is 139 Å². The lowest BCUT2D eigenvalue weighted by Gasteiger charge is -2.28. The first-order chi connectivity index (χ1) is 10.9. The zero-order valence-electron chi connectivity index (χ0n) is 13.1. The number of nitro groups is 1. The Morgan fingerprint density at radius 3 is 2.91 bits per heavy atom. The molecule has 3 rings (SSSR count). The maximum absolute atomic E-state index is 12.1. The summed E-state index contributed by atoms with van der Waals surface area (Å²) in [6, 6.07) is 0.188. The highest BCUT2D eigenvalue weighted by molar-refractivity contribution is 6.32. The lowest BCUT2D eigenvalue weighted by molar-refractivity contribution is -0.389. The van der Waals surface area contributed by atoms with Crippen LogP contribution in [0.3, 0.4) is 0 Å². The molecule has 1 amide bonds. The highest BCUT2D eigenvalue weighted by atomic mass is 35.5. The number of hydrogen-bond acceptors (Lipinski definition) is 4. The van der Waals surface area contributed by atoms with Crippen molar-refractivity contribution in [1.82, 2.24) is 15.1 Å².